The molecule has 1 fully saturated rings. The largest absolute Gasteiger partial charge is 0.493 e. The maximum atomic E-state index is 14.3. The smallest absolute Gasteiger partial charge is 0.254 e. The van der Waals surface area contributed by atoms with E-state index in [1.807, 2.05) is 46.2 Å². The molecule has 2 amide bonds. The van der Waals surface area contributed by atoms with E-state index in [2.05, 4.69) is 0 Å². The molecule has 2 aliphatic heterocycles. The summed E-state index contributed by atoms with van der Waals surface area (Å²) in [5, 5.41) is 0. The Morgan fingerprint density at radius 2 is 1.57 bits per heavy atom. The number of halogens is 1. The van der Waals surface area contributed by atoms with Crippen LogP contribution in [0.3, 0.4) is 0 Å². The van der Waals surface area contributed by atoms with Crippen LogP contribution < -0.4 is 14.4 Å². The fourth-order valence-corrected chi connectivity index (χ4v) is 5.47. The Kier molecular flexibility index (Phi) is 6.74. The van der Waals surface area contributed by atoms with Crippen LogP contribution in [0.2, 0.25) is 0 Å². The van der Waals surface area contributed by atoms with Crippen molar-refractivity contribution in [2.45, 2.75) is 12.0 Å². The minimum atomic E-state index is -0.600. The molecule has 7 nitrogen and oxygen atoms in total. The number of benzene rings is 3. The fourth-order valence-electron chi connectivity index (χ4n) is 5.47. The summed E-state index contributed by atoms with van der Waals surface area (Å²) >= 11 is 0. The molecule has 0 bridgehead atoms. The van der Waals surface area contributed by atoms with Gasteiger partial charge in [-0.25, -0.2) is 4.39 Å². The number of hydrogen-bond donors (Lipinski definition) is 0. The van der Waals surface area contributed by atoms with Crippen LogP contribution in [-0.2, 0) is 4.79 Å². The number of likely N-dealkylation sites (N-methyl/N-ethyl adjacent to an activating group) is 1. The second-order valence-corrected chi connectivity index (χ2v) is 9.30. The van der Waals surface area contributed by atoms with Gasteiger partial charge in [0.2, 0.25) is 5.91 Å². The van der Waals surface area contributed by atoms with Gasteiger partial charge in [0.05, 0.1) is 31.9 Å². The van der Waals surface area contributed by atoms with E-state index in [1.165, 1.54) is 6.07 Å². The molecule has 0 N–H and O–H groups in total. The van der Waals surface area contributed by atoms with Gasteiger partial charge in [0.1, 0.15) is 5.82 Å². The number of ether oxygens (including phenoxy) is 2. The molecule has 2 heterocycles. The van der Waals surface area contributed by atoms with Gasteiger partial charge in [0, 0.05) is 38.8 Å². The van der Waals surface area contributed by atoms with Crippen molar-refractivity contribution >= 4 is 17.5 Å². The second kappa shape index (κ2) is 10.1. The molecule has 192 valence electrons. The molecular formula is C29H30FN3O4. The summed E-state index contributed by atoms with van der Waals surface area (Å²) < 4.78 is 25.3. The predicted octanol–water partition coefficient (Wildman–Crippen LogP) is 4.10. The summed E-state index contributed by atoms with van der Waals surface area (Å²) in [6.07, 6.45) is 0. The number of piperazine rings is 1. The molecule has 3 aromatic rings. The zero-order valence-corrected chi connectivity index (χ0v) is 21.2. The van der Waals surface area contributed by atoms with E-state index in [9.17, 15) is 14.0 Å². The first-order valence-corrected chi connectivity index (χ1v) is 12.3. The molecule has 0 unspecified atom stereocenters. The number of nitrogens with zero attached hydrogens (tertiary/aromatic N) is 3. The van der Waals surface area contributed by atoms with Crippen molar-refractivity contribution in [2.75, 3.05) is 52.3 Å². The normalized spacial score (nSPS) is 19.5. The van der Waals surface area contributed by atoms with E-state index in [1.54, 1.807) is 50.4 Å². The summed E-state index contributed by atoms with van der Waals surface area (Å²) in [4.78, 5) is 33.0. The molecule has 0 aromatic heterocycles. The Morgan fingerprint density at radius 1 is 0.892 bits per heavy atom. The molecule has 37 heavy (non-hydrogen) atoms. The number of rotatable bonds is 5. The van der Waals surface area contributed by atoms with E-state index >= 15 is 0 Å². The summed E-state index contributed by atoms with van der Waals surface area (Å²) in [5.41, 5.74) is 2.58. The first-order valence-electron chi connectivity index (χ1n) is 12.3. The zero-order valence-electron chi connectivity index (χ0n) is 21.2. The van der Waals surface area contributed by atoms with Gasteiger partial charge in [-0.05, 0) is 41.5 Å². The number of fused-ring (bicyclic) bond motifs is 1. The van der Waals surface area contributed by atoms with Crippen LogP contribution in [0, 0.1) is 5.82 Å². The van der Waals surface area contributed by atoms with Gasteiger partial charge in [0.25, 0.3) is 5.91 Å². The van der Waals surface area contributed by atoms with E-state index in [4.69, 9.17) is 9.47 Å². The lowest BCUT2D eigenvalue weighted by atomic mass is 9.79. The Bertz CT molecular complexity index is 1320. The molecule has 0 aliphatic carbocycles. The SMILES string of the molecule is COc1ccc([C@@H]2[C@H](C(=O)N3CCN(c4ccccc4F)CC3)c3ccccc3C(=O)N2C)cc1OC. The highest BCUT2D eigenvalue weighted by Crippen LogP contribution is 2.44. The number of carbonyl (C=O) groups excluding carboxylic acids is 2. The molecule has 2 aliphatic rings. The lowest BCUT2D eigenvalue weighted by molar-refractivity contribution is -0.134. The van der Waals surface area contributed by atoms with Crippen LogP contribution in [-0.4, -0.2) is 69.1 Å². The van der Waals surface area contributed by atoms with Gasteiger partial charge in [-0.3, -0.25) is 9.59 Å². The molecule has 3 aromatic carbocycles. The molecule has 0 saturated carbocycles. The van der Waals surface area contributed by atoms with Crippen LogP contribution in [0.4, 0.5) is 10.1 Å². The molecule has 0 spiro atoms. The predicted molar refractivity (Wildman–Crippen MR) is 139 cm³/mol. The highest BCUT2D eigenvalue weighted by molar-refractivity contribution is 6.01. The summed E-state index contributed by atoms with van der Waals surface area (Å²) in [6, 6.07) is 19.0. The van der Waals surface area contributed by atoms with Crippen LogP contribution in [0.25, 0.3) is 0 Å². The lowest BCUT2D eigenvalue weighted by Gasteiger charge is -2.43. The minimum Gasteiger partial charge on any atom is -0.493 e. The van der Waals surface area contributed by atoms with Crippen LogP contribution in [0.5, 0.6) is 11.5 Å². The van der Waals surface area contributed by atoms with Crippen molar-refractivity contribution in [1.29, 1.82) is 0 Å². The van der Waals surface area contributed by atoms with Crippen molar-refractivity contribution < 1.29 is 23.5 Å². The highest BCUT2D eigenvalue weighted by atomic mass is 19.1. The Hall–Kier alpha value is -4.07. The first-order chi connectivity index (χ1) is 17.9. The molecular weight excluding hydrogens is 473 g/mol. The third-order valence-electron chi connectivity index (χ3n) is 7.38. The van der Waals surface area contributed by atoms with E-state index < -0.39 is 12.0 Å². The fraction of sp³-hybridized carbons (Fsp3) is 0.310. The van der Waals surface area contributed by atoms with Gasteiger partial charge in [-0.15, -0.1) is 0 Å². The van der Waals surface area contributed by atoms with Crippen molar-refractivity contribution in [1.82, 2.24) is 9.80 Å². The molecule has 0 radical (unpaired) electrons. The van der Waals surface area contributed by atoms with Crippen LogP contribution >= 0.6 is 0 Å². The topological polar surface area (TPSA) is 62.3 Å². The molecule has 5 rings (SSSR count). The van der Waals surface area contributed by atoms with Crippen molar-refractivity contribution in [3.05, 3.63) is 89.2 Å². The van der Waals surface area contributed by atoms with Crippen molar-refractivity contribution in [3.8, 4) is 11.5 Å². The summed E-state index contributed by atoms with van der Waals surface area (Å²) in [7, 11) is 4.86. The van der Waals surface area contributed by atoms with Crippen molar-refractivity contribution in [3.63, 3.8) is 0 Å². The Labute approximate surface area is 216 Å². The van der Waals surface area contributed by atoms with Crippen molar-refractivity contribution in [2.24, 2.45) is 0 Å². The van der Waals surface area contributed by atoms with Gasteiger partial charge in [0.15, 0.2) is 11.5 Å². The highest BCUT2D eigenvalue weighted by Gasteiger charge is 2.44. The standard InChI is InChI=1S/C29H30FN3O4/c1-31-27(19-12-13-24(36-2)25(18-19)37-3)26(20-8-4-5-9-21(20)28(31)34)29(35)33-16-14-32(15-17-33)23-11-7-6-10-22(23)30/h4-13,18,26-27H,14-17H2,1-3H3/t26-,27-/m1/s1. The number of methoxy groups -OCH3 is 2. The third kappa shape index (κ3) is 4.37. The minimum absolute atomic E-state index is 0.0558. The number of amides is 2. The Balaban J connectivity index is 1.49. The average molecular weight is 504 g/mol. The number of anilines is 1. The molecule has 1 saturated heterocycles. The molecule has 8 heteroatoms. The quantitative estimate of drug-likeness (QED) is 0.525. The maximum absolute atomic E-state index is 14.3. The monoisotopic (exact) mass is 503 g/mol. The number of para-hydroxylation sites is 1. The van der Waals surface area contributed by atoms with Crippen LogP contribution in [0.1, 0.15) is 33.4 Å². The van der Waals surface area contributed by atoms with E-state index in [0.717, 1.165) is 5.56 Å². The number of hydrogen-bond acceptors (Lipinski definition) is 5. The Morgan fingerprint density at radius 3 is 2.27 bits per heavy atom. The van der Waals surface area contributed by atoms with E-state index in [-0.39, 0.29) is 17.6 Å². The summed E-state index contributed by atoms with van der Waals surface area (Å²) in [6.45, 7) is 1.97. The summed E-state index contributed by atoms with van der Waals surface area (Å²) in [5.74, 6) is 0.0470. The number of carbonyl (C=O) groups is 2. The zero-order chi connectivity index (χ0) is 26.1. The van der Waals surface area contributed by atoms with Gasteiger partial charge in [-0.2, -0.15) is 0 Å². The maximum Gasteiger partial charge on any atom is 0.254 e. The first kappa shape index (κ1) is 24.6. The lowest BCUT2D eigenvalue weighted by Crippen LogP contribution is -2.53. The van der Waals surface area contributed by atoms with Gasteiger partial charge < -0.3 is 24.2 Å². The van der Waals surface area contributed by atoms with E-state index in [0.29, 0.717) is 54.5 Å². The molecule has 2 atom stereocenters. The third-order valence-corrected chi connectivity index (χ3v) is 7.38. The second-order valence-electron chi connectivity index (χ2n) is 9.30. The average Bonchev–Trinajstić information content (AvgIpc) is 2.94. The van der Waals surface area contributed by atoms with Crippen LogP contribution in [0.15, 0.2) is 66.7 Å². The van der Waals surface area contributed by atoms with Gasteiger partial charge >= 0.3 is 0 Å². The van der Waals surface area contributed by atoms with Gasteiger partial charge in [-0.1, -0.05) is 36.4 Å².